The van der Waals surface area contributed by atoms with Crippen LogP contribution < -0.4 is 15.4 Å². The summed E-state index contributed by atoms with van der Waals surface area (Å²) < 4.78 is 7.06. The van der Waals surface area contributed by atoms with E-state index < -0.39 is 0 Å². The largest absolute Gasteiger partial charge is 0.494 e. The molecular weight excluding hydrogens is 376 g/mol. The number of rotatable bonds is 7. The Balaban J connectivity index is 2.44. The van der Waals surface area contributed by atoms with Crippen LogP contribution >= 0.6 is 31.9 Å². The Bertz CT molecular complexity index is 416. The number of benzene rings is 1. The maximum atomic E-state index is 11.3. The molecule has 0 spiro atoms. The third-order valence-corrected chi connectivity index (χ3v) is 3.67. The van der Waals surface area contributed by atoms with E-state index in [2.05, 4.69) is 42.5 Å². The van der Waals surface area contributed by atoms with Gasteiger partial charge in [-0.15, -0.1) is 0 Å². The average molecular weight is 394 g/mol. The van der Waals surface area contributed by atoms with Crippen molar-refractivity contribution in [1.29, 1.82) is 0 Å². The van der Waals surface area contributed by atoms with Crippen molar-refractivity contribution in [2.75, 3.05) is 20.2 Å². The number of carbonyl (C=O) groups is 1. The van der Waals surface area contributed by atoms with E-state index in [1.54, 1.807) is 7.11 Å². The van der Waals surface area contributed by atoms with Crippen molar-refractivity contribution in [3.8, 4) is 5.75 Å². The summed E-state index contributed by atoms with van der Waals surface area (Å²) in [5.74, 6) is 0.859. The van der Waals surface area contributed by atoms with Gasteiger partial charge in [0.05, 0.1) is 16.1 Å². The smallest absolute Gasteiger partial charge is 0.221 e. The number of hydrogen-bond donors (Lipinski definition) is 2. The number of nitrogens with one attached hydrogen (secondary N) is 2. The summed E-state index contributed by atoms with van der Waals surface area (Å²) in [6.07, 6.45) is 0.492. The van der Waals surface area contributed by atoms with Gasteiger partial charge in [0.25, 0.3) is 0 Å². The molecule has 0 saturated carbocycles. The third kappa shape index (κ3) is 5.50. The van der Waals surface area contributed by atoms with E-state index in [0.29, 0.717) is 26.1 Å². The summed E-state index contributed by atoms with van der Waals surface area (Å²) in [5.41, 5.74) is 1.12. The molecule has 0 bridgehead atoms. The fraction of sp³-hybridized carbons (Fsp3) is 0.462. The van der Waals surface area contributed by atoms with Crippen LogP contribution in [0.2, 0.25) is 0 Å². The molecule has 0 aliphatic heterocycles. The molecule has 19 heavy (non-hydrogen) atoms. The monoisotopic (exact) mass is 392 g/mol. The molecule has 106 valence electrons. The van der Waals surface area contributed by atoms with Crippen LogP contribution in [0.1, 0.15) is 18.9 Å². The Morgan fingerprint density at radius 3 is 2.47 bits per heavy atom. The van der Waals surface area contributed by atoms with Crippen LogP contribution in [-0.2, 0) is 11.3 Å². The first-order chi connectivity index (χ1) is 9.08. The van der Waals surface area contributed by atoms with Crippen molar-refractivity contribution in [3.05, 3.63) is 26.6 Å². The number of methoxy groups -OCH3 is 1. The van der Waals surface area contributed by atoms with Crippen molar-refractivity contribution in [3.63, 3.8) is 0 Å². The zero-order chi connectivity index (χ0) is 14.3. The Morgan fingerprint density at radius 1 is 1.32 bits per heavy atom. The molecule has 0 aliphatic carbocycles. The third-order valence-electron chi connectivity index (χ3n) is 2.49. The van der Waals surface area contributed by atoms with E-state index in [4.69, 9.17) is 4.74 Å². The quantitative estimate of drug-likeness (QED) is 0.700. The van der Waals surface area contributed by atoms with Crippen LogP contribution in [0, 0.1) is 0 Å². The number of carbonyl (C=O) groups excluding carboxylic acids is 1. The van der Waals surface area contributed by atoms with E-state index >= 15 is 0 Å². The lowest BCUT2D eigenvalue weighted by atomic mass is 10.2. The van der Waals surface area contributed by atoms with Crippen LogP contribution in [0.3, 0.4) is 0 Å². The highest BCUT2D eigenvalue weighted by Gasteiger charge is 2.07. The minimum absolute atomic E-state index is 0.0760. The Hall–Kier alpha value is -0.590. The molecule has 6 heteroatoms. The van der Waals surface area contributed by atoms with Gasteiger partial charge in [-0.05, 0) is 56.5 Å². The number of ether oxygens (including phenoxy) is 1. The fourth-order valence-corrected chi connectivity index (χ4v) is 3.23. The van der Waals surface area contributed by atoms with E-state index in [0.717, 1.165) is 20.3 Å². The van der Waals surface area contributed by atoms with Crippen molar-refractivity contribution < 1.29 is 9.53 Å². The van der Waals surface area contributed by atoms with Gasteiger partial charge in [-0.2, -0.15) is 0 Å². The second kappa shape index (κ2) is 8.55. The fourth-order valence-electron chi connectivity index (χ4n) is 1.63. The van der Waals surface area contributed by atoms with Gasteiger partial charge in [0, 0.05) is 26.1 Å². The van der Waals surface area contributed by atoms with Crippen molar-refractivity contribution in [2.45, 2.75) is 19.9 Å². The van der Waals surface area contributed by atoms with E-state index in [1.165, 1.54) is 0 Å². The van der Waals surface area contributed by atoms with Crippen LogP contribution in [0.15, 0.2) is 21.1 Å². The molecule has 2 N–H and O–H groups in total. The molecule has 0 aromatic heterocycles. The molecule has 0 fully saturated rings. The number of hydrogen-bond acceptors (Lipinski definition) is 3. The van der Waals surface area contributed by atoms with Crippen molar-refractivity contribution in [1.82, 2.24) is 10.6 Å². The number of halogens is 2. The summed E-state index contributed by atoms with van der Waals surface area (Å²) in [7, 11) is 1.63. The predicted octanol–water partition coefficient (Wildman–Crippen LogP) is 2.84. The molecule has 0 aliphatic rings. The van der Waals surface area contributed by atoms with E-state index in [1.807, 2.05) is 19.1 Å². The van der Waals surface area contributed by atoms with Gasteiger partial charge in [-0.3, -0.25) is 4.79 Å². The minimum Gasteiger partial charge on any atom is -0.494 e. The SMILES string of the molecule is CCNC(=O)CCNCc1cc(Br)c(OC)c(Br)c1. The lowest BCUT2D eigenvalue weighted by molar-refractivity contribution is -0.120. The van der Waals surface area contributed by atoms with E-state index in [-0.39, 0.29) is 5.91 Å². The van der Waals surface area contributed by atoms with Gasteiger partial charge in [-0.25, -0.2) is 0 Å². The highest BCUT2D eigenvalue weighted by Crippen LogP contribution is 2.34. The molecule has 0 heterocycles. The molecule has 0 atom stereocenters. The van der Waals surface area contributed by atoms with Gasteiger partial charge in [0.1, 0.15) is 5.75 Å². The Kier molecular flexibility index (Phi) is 7.41. The molecule has 0 saturated heterocycles. The Morgan fingerprint density at radius 2 is 1.95 bits per heavy atom. The maximum Gasteiger partial charge on any atom is 0.221 e. The van der Waals surface area contributed by atoms with Crippen LogP contribution in [-0.4, -0.2) is 26.1 Å². The molecule has 1 aromatic rings. The Labute approximate surface area is 130 Å². The molecular formula is C13H18Br2N2O2. The maximum absolute atomic E-state index is 11.3. The first kappa shape index (κ1) is 16.5. The summed E-state index contributed by atoms with van der Waals surface area (Å²) >= 11 is 6.93. The normalized spacial score (nSPS) is 10.3. The second-order valence-corrected chi connectivity index (χ2v) is 5.68. The van der Waals surface area contributed by atoms with Crippen molar-refractivity contribution in [2.24, 2.45) is 0 Å². The summed E-state index contributed by atoms with van der Waals surface area (Å²) in [5, 5.41) is 6.01. The van der Waals surface area contributed by atoms with E-state index in [9.17, 15) is 4.79 Å². The molecule has 1 aromatic carbocycles. The van der Waals surface area contributed by atoms with Gasteiger partial charge in [0.2, 0.25) is 5.91 Å². The highest BCUT2D eigenvalue weighted by molar-refractivity contribution is 9.11. The van der Waals surface area contributed by atoms with Gasteiger partial charge < -0.3 is 15.4 Å². The average Bonchev–Trinajstić information content (AvgIpc) is 2.35. The summed E-state index contributed by atoms with van der Waals surface area (Å²) in [6.45, 7) is 3.96. The molecule has 1 rings (SSSR count). The van der Waals surface area contributed by atoms with Gasteiger partial charge in [-0.1, -0.05) is 0 Å². The number of amides is 1. The topological polar surface area (TPSA) is 50.4 Å². The predicted molar refractivity (Wildman–Crippen MR) is 83.4 cm³/mol. The van der Waals surface area contributed by atoms with Crippen LogP contribution in [0.5, 0.6) is 5.75 Å². The standard InChI is InChI=1S/C13H18Br2N2O2/c1-3-17-12(18)4-5-16-8-9-6-10(14)13(19-2)11(15)7-9/h6-7,16H,3-5,8H2,1-2H3,(H,17,18). The lowest BCUT2D eigenvalue weighted by Gasteiger charge is -2.10. The van der Waals surface area contributed by atoms with Gasteiger partial charge >= 0.3 is 0 Å². The van der Waals surface area contributed by atoms with Gasteiger partial charge in [0.15, 0.2) is 0 Å². The molecule has 4 nitrogen and oxygen atoms in total. The zero-order valence-electron chi connectivity index (χ0n) is 11.1. The summed E-state index contributed by atoms with van der Waals surface area (Å²) in [6, 6.07) is 4.01. The molecule has 0 radical (unpaired) electrons. The first-order valence-electron chi connectivity index (χ1n) is 6.07. The summed E-state index contributed by atoms with van der Waals surface area (Å²) in [4.78, 5) is 11.3. The minimum atomic E-state index is 0.0760. The molecule has 1 amide bonds. The second-order valence-electron chi connectivity index (χ2n) is 3.97. The van der Waals surface area contributed by atoms with Crippen LogP contribution in [0.25, 0.3) is 0 Å². The van der Waals surface area contributed by atoms with Crippen molar-refractivity contribution >= 4 is 37.8 Å². The van der Waals surface area contributed by atoms with Crippen LogP contribution in [0.4, 0.5) is 0 Å². The molecule has 0 unspecified atom stereocenters. The zero-order valence-corrected chi connectivity index (χ0v) is 14.2. The first-order valence-corrected chi connectivity index (χ1v) is 7.66. The lowest BCUT2D eigenvalue weighted by Crippen LogP contribution is -2.27. The highest BCUT2D eigenvalue weighted by atomic mass is 79.9.